The second kappa shape index (κ2) is 5.58. The molecule has 1 aliphatic carbocycles. The molecule has 0 radical (unpaired) electrons. The Labute approximate surface area is 145 Å². The fourth-order valence-electron chi connectivity index (χ4n) is 3.09. The van der Waals surface area contributed by atoms with Gasteiger partial charge in [-0.2, -0.15) is 0 Å². The first-order chi connectivity index (χ1) is 11.2. The van der Waals surface area contributed by atoms with Gasteiger partial charge in [-0.15, -0.1) is 0 Å². The summed E-state index contributed by atoms with van der Waals surface area (Å²) in [7, 11) is -3.89. The molecule has 0 unspecified atom stereocenters. The van der Waals surface area contributed by atoms with Crippen LogP contribution in [-0.2, 0) is 14.6 Å². The first-order valence-electron chi connectivity index (χ1n) is 7.27. The molecule has 2 aromatic carbocycles. The molecule has 24 heavy (non-hydrogen) atoms. The van der Waals surface area contributed by atoms with Crippen LogP contribution in [0.25, 0.3) is 0 Å². The van der Waals surface area contributed by atoms with Crippen LogP contribution in [0.2, 0.25) is 5.02 Å². The van der Waals surface area contributed by atoms with Crippen molar-refractivity contribution >= 4 is 27.4 Å². The molecular weight excluding hydrogens is 350 g/mol. The number of nitrogens with two attached hydrogens (primary N) is 1. The predicted molar refractivity (Wildman–Crippen MR) is 90.9 cm³/mol. The zero-order chi connectivity index (χ0) is 17.7. The van der Waals surface area contributed by atoms with Crippen molar-refractivity contribution in [2.45, 2.75) is 28.5 Å². The van der Waals surface area contributed by atoms with Gasteiger partial charge in [-0.3, -0.25) is 4.79 Å². The van der Waals surface area contributed by atoms with Crippen molar-refractivity contribution in [2.24, 2.45) is 5.73 Å². The SMILES string of the molecule is Cc1ccc(S(=O)(=O)[C@@H]2[C@H](c3cccc(Cl)c3)[C@]2(N)C(=O)O)cc1. The third-order valence-electron chi connectivity index (χ3n) is 4.44. The summed E-state index contributed by atoms with van der Waals surface area (Å²) in [6, 6.07) is 12.8. The largest absolute Gasteiger partial charge is 0.480 e. The van der Waals surface area contributed by atoms with Crippen molar-refractivity contribution < 1.29 is 18.3 Å². The van der Waals surface area contributed by atoms with Crippen LogP contribution in [0.3, 0.4) is 0 Å². The molecule has 3 atom stereocenters. The molecule has 0 spiro atoms. The summed E-state index contributed by atoms with van der Waals surface area (Å²) in [4.78, 5) is 11.7. The summed E-state index contributed by atoms with van der Waals surface area (Å²) >= 11 is 5.95. The van der Waals surface area contributed by atoms with E-state index >= 15 is 0 Å². The minimum Gasteiger partial charge on any atom is -0.480 e. The van der Waals surface area contributed by atoms with Gasteiger partial charge in [0.15, 0.2) is 9.84 Å². The van der Waals surface area contributed by atoms with E-state index in [0.717, 1.165) is 5.56 Å². The Morgan fingerprint density at radius 1 is 1.21 bits per heavy atom. The Bertz CT molecular complexity index is 910. The number of aryl methyl sites for hydroxylation is 1. The van der Waals surface area contributed by atoms with Gasteiger partial charge in [0, 0.05) is 10.9 Å². The summed E-state index contributed by atoms with van der Waals surface area (Å²) in [5.74, 6) is -2.19. The second-order valence-corrected chi connectivity index (χ2v) is 8.56. The number of hydrogen-bond acceptors (Lipinski definition) is 4. The van der Waals surface area contributed by atoms with Crippen LogP contribution in [0.5, 0.6) is 0 Å². The maximum atomic E-state index is 12.9. The van der Waals surface area contributed by atoms with Crippen LogP contribution in [-0.4, -0.2) is 30.3 Å². The minimum absolute atomic E-state index is 0.0682. The highest BCUT2D eigenvalue weighted by Gasteiger charge is 2.74. The summed E-state index contributed by atoms with van der Waals surface area (Å²) in [6.07, 6.45) is 0. The van der Waals surface area contributed by atoms with E-state index in [1.807, 2.05) is 6.92 Å². The second-order valence-electron chi connectivity index (χ2n) is 6.05. The van der Waals surface area contributed by atoms with Gasteiger partial charge >= 0.3 is 5.97 Å². The van der Waals surface area contributed by atoms with E-state index in [-0.39, 0.29) is 4.90 Å². The lowest BCUT2D eigenvalue weighted by atomic mass is 10.1. The molecule has 126 valence electrons. The zero-order valence-corrected chi connectivity index (χ0v) is 14.4. The molecule has 1 saturated carbocycles. The van der Waals surface area contributed by atoms with Crippen LogP contribution in [0, 0.1) is 6.92 Å². The van der Waals surface area contributed by atoms with Crippen LogP contribution < -0.4 is 5.73 Å². The van der Waals surface area contributed by atoms with Crippen molar-refractivity contribution in [3.63, 3.8) is 0 Å². The number of carbonyl (C=O) groups is 1. The lowest BCUT2D eigenvalue weighted by molar-refractivity contribution is -0.139. The quantitative estimate of drug-likeness (QED) is 0.866. The van der Waals surface area contributed by atoms with Crippen molar-refractivity contribution in [2.75, 3.05) is 0 Å². The number of aliphatic carboxylic acids is 1. The fourth-order valence-corrected chi connectivity index (χ4v) is 5.52. The van der Waals surface area contributed by atoms with E-state index in [1.165, 1.54) is 12.1 Å². The maximum absolute atomic E-state index is 12.9. The average Bonchev–Trinajstić information content (AvgIpc) is 3.17. The number of halogens is 1. The van der Waals surface area contributed by atoms with E-state index in [9.17, 15) is 18.3 Å². The van der Waals surface area contributed by atoms with E-state index in [4.69, 9.17) is 17.3 Å². The highest BCUT2D eigenvalue weighted by molar-refractivity contribution is 7.92. The summed E-state index contributed by atoms with van der Waals surface area (Å²) in [6.45, 7) is 1.84. The molecule has 0 amide bonds. The van der Waals surface area contributed by atoms with Gasteiger partial charge in [-0.05, 0) is 36.8 Å². The first kappa shape index (κ1) is 17.0. The van der Waals surface area contributed by atoms with Gasteiger partial charge in [0.25, 0.3) is 0 Å². The normalized spacial score (nSPS) is 26.1. The Hall–Kier alpha value is -1.89. The van der Waals surface area contributed by atoms with E-state index in [1.54, 1.807) is 36.4 Å². The van der Waals surface area contributed by atoms with E-state index in [2.05, 4.69) is 0 Å². The highest BCUT2D eigenvalue weighted by atomic mass is 35.5. The molecule has 1 fully saturated rings. The van der Waals surface area contributed by atoms with Crippen molar-refractivity contribution in [1.29, 1.82) is 0 Å². The monoisotopic (exact) mass is 365 g/mol. The van der Waals surface area contributed by atoms with Gasteiger partial charge in [-0.1, -0.05) is 41.4 Å². The molecule has 3 rings (SSSR count). The number of hydrogen-bond donors (Lipinski definition) is 2. The smallest absolute Gasteiger partial charge is 0.325 e. The average molecular weight is 366 g/mol. The maximum Gasteiger partial charge on any atom is 0.325 e. The van der Waals surface area contributed by atoms with Gasteiger partial charge < -0.3 is 10.8 Å². The van der Waals surface area contributed by atoms with Crippen LogP contribution in [0.1, 0.15) is 17.0 Å². The summed E-state index contributed by atoms with van der Waals surface area (Å²) in [5, 5.41) is 8.68. The molecule has 5 nitrogen and oxygen atoms in total. The highest BCUT2D eigenvalue weighted by Crippen LogP contribution is 2.56. The molecule has 1 aliphatic rings. The Kier molecular flexibility index (Phi) is 3.94. The van der Waals surface area contributed by atoms with Crippen molar-refractivity contribution in [1.82, 2.24) is 0 Å². The lowest BCUT2D eigenvalue weighted by Gasteiger charge is -2.07. The minimum atomic E-state index is -3.89. The van der Waals surface area contributed by atoms with E-state index < -0.39 is 32.5 Å². The van der Waals surface area contributed by atoms with Crippen LogP contribution in [0.4, 0.5) is 0 Å². The Morgan fingerprint density at radius 2 is 1.83 bits per heavy atom. The molecule has 0 heterocycles. The zero-order valence-electron chi connectivity index (χ0n) is 12.8. The number of benzene rings is 2. The number of rotatable bonds is 4. The molecule has 0 bridgehead atoms. The fraction of sp³-hybridized carbons (Fsp3) is 0.235. The summed E-state index contributed by atoms with van der Waals surface area (Å²) < 4.78 is 25.8. The van der Waals surface area contributed by atoms with Gasteiger partial charge in [0.05, 0.1) is 4.90 Å². The number of carboxylic acids is 1. The first-order valence-corrected chi connectivity index (χ1v) is 9.19. The number of sulfone groups is 1. The molecular formula is C17H16ClNO4S. The topological polar surface area (TPSA) is 97.5 Å². The summed E-state index contributed by atoms with van der Waals surface area (Å²) in [5.41, 5.74) is 5.54. The molecule has 0 aromatic heterocycles. The lowest BCUT2D eigenvalue weighted by Crippen LogP contribution is -2.39. The van der Waals surface area contributed by atoms with Crippen molar-refractivity contribution in [3.05, 3.63) is 64.7 Å². The predicted octanol–water partition coefficient (Wildman–Crippen LogP) is 2.37. The van der Waals surface area contributed by atoms with Crippen molar-refractivity contribution in [3.8, 4) is 0 Å². The third kappa shape index (κ3) is 2.51. The molecule has 3 N–H and O–H groups in total. The van der Waals surface area contributed by atoms with Gasteiger partial charge in [0.1, 0.15) is 10.8 Å². The molecule has 0 aliphatic heterocycles. The van der Waals surface area contributed by atoms with Crippen LogP contribution >= 0.6 is 11.6 Å². The molecule has 0 saturated heterocycles. The standard InChI is InChI=1S/C17H16ClNO4S/c1-10-5-7-13(8-6-10)24(22,23)15-14(17(15,19)16(20)21)11-3-2-4-12(18)9-11/h2-9,14-15H,19H2,1H3,(H,20,21)/t14-,15+,17+/m0/s1. The van der Waals surface area contributed by atoms with Gasteiger partial charge in [-0.25, -0.2) is 8.42 Å². The molecule has 7 heteroatoms. The third-order valence-corrected chi connectivity index (χ3v) is 6.94. The molecule has 2 aromatic rings. The van der Waals surface area contributed by atoms with Crippen LogP contribution in [0.15, 0.2) is 53.4 Å². The van der Waals surface area contributed by atoms with Gasteiger partial charge in [0.2, 0.25) is 0 Å². The Balaban J connectivity index is 2.08. The number of carboxylic acid groups (broad SMARTS) is 1. The van der Waals surface area contributed by atoms with E-state index in [0.29, 0.717) is 10.6 Å². The Morgan fingerprint density at radius 3 is 2.38 bits per heavy atom.